The van der Waals surface area contributed by atoms with Crippen LogP contribution in [0.4, 0.5) is 0 Å². The van der Waals surface area contributed by atoms with E-state index in [0.717, 1.165) is 16.7 Å². The Hall–Kier alpha value is -4.38. The summed E-state index contributed by atoms with van der Waals surface area (Å²) in [5, 5.41) is 10.9. The fourth-order valence-electron chi connectivity index (χ4n) is 6.22. The maximum Gasteiger partial charge on any atom is 0.330 e. The third kappa shape index (κ3) is 8.97. The second-order valence-electron chi connectivity index (χ2n) is 12.6. The Balaban J connectivity index is 1.64. The number of hydrogen-bond donors (Lipinski definition) is 1. The van der Waals surface area contributed by atoms with Gasteiger partial charge in [0.2, 0.25) is 0 Å². The molecule has 14 heteroatoms. The van der Waals surface area contributed by atoms with E-state index in [4.69, 9.17) is 28.1 Å². The Labute approximate surface area is 305 Å². The molecule has 0 spiro atoms. The number of benzene rings is 3. The average molecular weight is 732 g/mol. The van der Waals surface area contributed by atoms with Crippen LogP contribution in [-0.4, -0.2) is 71.6 Å². The summed E-state index contributed by atoms with van der Waals surface area (Å²) >= 11 is 0. The van der Waals surface area contributed by atoms with E-state index in [1.165, 1.54) is 16.8 Å². The van der Waals surface area contributed by atoms with Gasteiger partial charge in [-0.1, -0.05) is 54.6 Å². The van der Waals surface area contributed by atoms with E-state index < -0.39 is 37.9 Å². The van der Waals surface area contributed by atoms with Crippen molar-refractivity contribution in [1.29, 1.82) is 5.26 Å². The molecular weight excluding hydrogens is 685 g/mol. The molecule has 1 aliphatic heterocycles. The first-order valence-electron chi connectivity index (χ1n) is 17.1. The SMILES string of the molecule is COc1ccc(C(OC2CN(OP(OCCC#N)N(C(C)C)C(C)C)CC(n3ccc(=O)[nH]c3=O)O2)(c2ccccc2)c2ccc(OC)cc2)cc1. The zero-order chi connectivity index (χ0) is 37.3. The number of nitrogens with zero attached hydrogens (tertiary/aromatic N) is 4. The summed E-state index contributed by atoms with van der Waals surface area (Å²) in [6.45, 7) is 8.60. The van der Waals surface area contributed by atoms with Crippen LogP contribution in [0.15, 0.2) is 101 Å². The highest BCUT2D eigenvalue weighted by Crippen LogP contribution is 2.48. The van der Waals surface area contributed by atoms with Crippen molar-refractivity contribution in [3.8, 4) is 17.6 Å². The molecule has 0 amide bonds. The summed E-state index contributed by atoms with van der Waals surface area (Å²) in [5.41, 5.74) is -0.0223. The number of nitriles is 1. The zero-order valence-corrected chi connectivity index (χ0v) is 31.2. The van der Waals surface area contributed by atoms with E-state index in [-0.39, 0.29) is 38.2 Å². The molecule has 52 heavy (non-hydrogen) atoms. The fourth-order valence-corrected chi connectivity index (χ4v) is 7.81. The predicted octanol–water partition coefficient (Wildman–Crippen LogP) is 5.93. The molecule has 0 radical (unpaired) electrons. The molecule has 1 saturated heterocycles. The van der Waals surface area contributed by atoms with Gasteiger partial charge in [0.15, 0.2) is 12.5 Å². The van der Waals surface area contributed by atoms with Gasteiger partial charge in [0.25, 0.3) is 14.1 Å². The van der Waals surface area contributed by atoms with Gasteiger partial charge in [-0.15, -0.1) is 0 Å². The number of ether oxygens (including phenoxy) is 4. The Morgan fingerprint density at radius 3 is 1.98 bits per heavy atom. The third-order valence-electron chi connectivity index (χ3n) is 8.51. The first kappa shape index (κ1) is 38.8. The van der Waals surface area contributed by atoms with E-state index in [1.807, 2.05) is 78.9 Å². The van der Waals surface area contributed by atoms with Crippen LogP contribution in [0.25, 0.3) is 0 Å². The van der Waals surface area contributed by atoms with E-state index in [0.29, 0.717) is 11.5 Å². The van der Waals surface area contributed by atoms with Crippen molar-refractivity contribution in [3.63, 3.8) is 0 Å². The van der Waals surface area contributed by atoms with Crippen molar-refractivity contribution in [3.05, 3.63) is 129 Å². The average Bonchev–Trinajstić information content (AvgIpc) is 3.14. The Kier molecular flexibility index (Phi) is 13.4. The van der Waals surface area contributed by atoms with Gasteiger partial charge in [0.1, 0.15) is 17.1 Å². The number of nitrogens with one attached hydrogen (secondary N) is 1. The van der Waals surface area contributed by atoms with Gasteiger partial charge in [-0.25, -0.2) is 14.1 Å². The lowest BCUT2D eigenvalue weighted by Gasteiger charge is -2.45. The van der Waals surface area contributed by atoms with Crippen LogP contribution in [0.1, 0.15) is 57.0 Å². The van der Waals surface area contributed by atoms with Crippen LogP contribution < -0.4 is 20.7 Å². The van der Waals surface area contributed by atoms with E-state index in [9.17, 15) is 14.9 Å². The number of rotatable bonds is 16. The van der Waals surface area contributed by atoms with Gasteiger partial charge in [-0.2, -0.15) is 10.3 Å². The standard InChI is InChI=1S/C38H46N5O8P/c1-27(2)43(28(3)4)52(48-24-10-22-39)51-41-25-35(42-23-21-34(44)40-37(42)45)49-36(26-41)50-38(29-11-8-7-9-12-29,30-13-17-32(46-5)18-14-30)31-15-19-33(47-6)20-16-31/h7-9,11-21,23,27-28,35-36H,10,24-26H2,1-6H3,(H,40,44,45). The first-order chi connectivity index (χ1) is 25.1. The molecule has 1 aromatic heterocycles. The molecule has 3 atom stereocenters. The minimum atomic E-state index is -1.71. The second kappa shape index (κ2) is 17.9. The molecule has 1 aliphatic rings. The fraction of sp³-hybridized carbons (Fsp3) is 0.395. The number of H-pyrrole nitrogens is 1. The number of methoxy groups -OCH3 is 2. The van der Waals surface area contributed by atoms with Crippen molar-refractivity contribution in [2.75, 3.05) is 33.9 Å². The molecule has 1 fully saturated rings. The minimum absolute atomic E-state index is 0.0507. The number of aromatic amines is 1. The van der Waals surface area contributed by atoms with Gasteiger partial charge in [-0.3, -0.25) is 14.3 Å². The van der Waals surface area contributed by atoms with Crippen molar-refractivity contribution >= 4 is 8.53 Å². The van der Waals surface area contributed by atoms with Gasteiger partial charge in [0.05, 0.1) is 46.4 Å². The summed E-state index contributed by atoms with van der Waals surface area (Å²) in [5.74, 6) is 1.35. The van der Waals surface area contributed by atoms with Crippen molar-refractivity contribution in [1.82, 2.24) is 19.3 Å². The monoisotopic (exact) mass is 731 g/mol. The zero-order valence-electron chi connectivity index (χ0n) is 30.3. The third-order valence-corrected chi connectivity index (χ3v) is 10.6. The molecule has 5 rings (SSSR count). The van der Waals surface area contributed by atoms with Gasteiger partial charge >= 0.3 is 5.69 Å². The Morgan fingerprint density at radius 1 is 0.885 bits per heavy atom. The maximum atomic E-state index is 13.2. The topological polar surface area (TPSA) is 141 Å². The number of hydroxylamine groups is 2. The van der Waals surface area contributed by atoms with Gasteiger partial charge < -0.3 is 23.5 Å². The van der Waals surface area contributed by atoms with Gasteiger partial charge in [-0.05, 0) is 68.7 Å². The molecule has 2 heterocycles. The lowest BCUT2D eigenvalue weighted by atomic mass is 9.80. The van der Waals surface area contributed by atoms with Crippen molar-refractivity contribution in [2.45, 2.75) is 64.3 Å². The normalized spacial score (nSPS) is 17.3. The van der Waals surface area contributed by atoms with Gasteiger partial charge in [0, 0.05) is 24.3 Å². The van der Waals surface area contributed by atoms with Crippen LogP contribution >= 0.6 is 8.53 Å². The molecule has 0 bridgehead atoms. The maximum absolute atomic E-state index is 13.2. The molecular formula is C38H46N5O8P. The lowest BCUT2D eigenvalue weighted by molar-refractivity contribution is -0.295. The van der Waals surface area contributed by atoms with E-state index in [2.05, 4.69) is 43.4 Å². The van der Waals surface area contributed by atoms with Crippen LogP contribution in [0.3, 0.4) is 0 Å². The minimum Gasteiger partial charge on any atom is -0.497 e. The van der Waals surface area contributed by atoms with Crippen LogP contribution in [0.5, 0.6) is 11.5 Å². The second-order valence-corrected chi connectivity index (χ2v) is 14.0. The Morgan fingerprint density at radius 2 is 1.46 bits per heavy atom. The highest BCUT2D eigenvalue weighted by atomic mass is 31.2. The van der Waals surface area contributed by atoms with Crippen LogP contribution in [-0.2, 0) is 24.2 Å². The molecule has 13 nitrogen and oxygen atoms in total. The quantitative estimate of drug-likeness (QED) is 0.0834. The molecule has 0 aliphatic carbocycles. The molecule has 276 valence electrons. The molecule has 3 aromatic carbocycles. The Bertz CT molecular complexity index is 1820. The van der Waals surface area contributed by atoms with Crippen molar-refractivity contribution < 1.29 is 28.1 Å². The summed E-state index contributed by atoms with van der Waals surface area (Å²) in [4.78, 5) is 27.5. The van der Waals surface area contributed by atoms with E-state index in [1.54, 1.807) is 19.3 Å². The summed E-state index contributed by atoms with van der Waals surface area (Å²) in [6.07, 6.45) is -0.361. The first-order valence-corrected chi connectivity index (χ1v) is 18.2. The number of hydrogen-bond acceptors (Lipinski definition) is 11. The predicted molar refractivity (Wildman–Crippen MR) is 197 cm³/mol. The largest absolute Gasteiger partial charge is 0.497 e. The number of morpholine rings is 1. The lowest BCUT2D eigenvalue weighted by Crippen LogP contribution is -2.51. The highest BCUT2D eigenvalue weighted by molar-refractivity contribution is 7.44. The summed E-state index contributed by atoms with van der Waals surface area (Å²) < 4.78 is 41.2. The highest BCUT2D eigenvalue weighted by Gasteiger charge is 2.44. The van der Waals surface area contributed by atoms with E-state index >= 15 is 0 Å². The number of aromatic nitrogens is 2. The molecule has 1 N–H and O–H groups in total. The van der Waals surface area contributed by atoms with Crippen LogP contribution in [0, 0.1) is 11.3 Å². The summed E-state index contributed by atoms with van der Waals surface area (Å²) in [7, 11) is 1.52. The molecule has 0 saturated carbocycles. The smallest absolute Gasteiger partial charge is 0.330 e. The summed E-state index contributed by atoms with van der Waals surface area (Å²) in [6, 6.07) is 28.6. The van der Waals surface area contributed by atoms with Crippen LogP contribution in [0.2, 0.25) is 0 Å². The van der Waals surface area contributed by atoms with Crippen molar-refractivity contribution in [2.24, 2.45) is 0 Å². The molecule has 4 aromatic rings. The molecule has 3 unspecified atom stereocenters.